The number of rotatable bonds is 6. The van der Waals surface area contributed by atoms with Crippen LogP contribution in [-0.2, 0) is 14.9 Å². The van der Waals surface area contributed by atoms with E-state index in [9.17, 15) is 8.42 Å². The first-order chi connectivity index (χ1) is 7.49. The topological polar surface area (TPSA) is 109 Å². The fourth-order valence-electron chi connectivity index (χ4n) is 1.69. The minimum atomic E-state index is -3.54. The van der Waals surface area contributed by atoms with Crippen molar-refractivity contribution in [2.24, 2.45) is 5.73 Å². The molecule has 4 N–H and O–H groups in total. The smallest absolute Gasteiger partial charge is 0.280 e. The molecule has 16 heavy (non-hydrogen) atoms. The third-order valence-electron chi connectivity index (χ3n) is 2.46. The Morgan fingerprint density at radius 3 is 2.94 bits per heavy atom. The number of ether oxygens (including phenoxy) is 1. The van der Waals surface area contributed by atoms with Crippen LogP contribution in [0.4, 0.5) is 0 Å². The molecule has 0 aromatic carbocycles. The molecule has 1 heterocycles. The summed E-state index contributed by atoms with van der Waals surface area (Å²) in [5.41, 5.74) is 5.36. The molecule has 1 rings (SSSR count). The SMILES string of the molecule is COCCNS(=O)(=O)N1CCCC1C(=N)N. The fourth-order valence-corrected chi connectivity index (χ4v) is 3.12. The molecule has 1 atom stereocenters. The Bertz CT molecular complexity index is 343. The largest absolute Gasteiger partial charge is 0.386 e. The Hall–Kier alpha value is -0.700. The lowest BCUT2D eigenvalue weighted by molar-refractivity contribution is 0.203. The summed E-state index contributed by atoms with van der Waals surface area (Å²) in [5.74, 6) is -0.102. The third-order valence-corrected chi connectivity index (χ3v) is 4.09. The molecule has 0 spiro atoms. The van der Waals surface area contributed by atoms with E-state index in [0.717, 1.165) is 6.42 Å². The Morgan fingerprint density at radius 1 is 1.69 bits per heavy atom. The van der Waals surface area contributed by atoms with Crippen molar-refractivity contribution in [3.63, 3.8) is 0 Å². The highest BCUT2D eigenvalue weighted by Crippen LogP contribution is 2.19. The van der Waals surface area contributed by atoms with Gasteiger partial charge in [0.1, 0.15) is 5.84 Å². The quantitative estimate of drug-likeness (QED) is 0.315. The fraction of sp³-hybridized carbons (Fsp3) is 0.875. The van der Waals surface area contributed by atoms with E-state index in [-0.39, 0.29) is 12.4 Å². The van der Waals surface area contributed by atoms with Crippen molar-refractivity contribution >= 4 is 16.0 Å². The van der Waals surface area contributed by atoms with Crippen molar-refractivity contribution < 1.29 is 13.2 Å². The summed E-state index contributed by atoms with van der Waals surface area (Å²) < 4.78 is 32.1. The molecule has 0 saturated carbocycles. The minimum Gasteiger partial charge on any atom is -0.386 e. The second-order valence-corrected chi connectivity index (χ2v) is 5.32. The van der Waals surface area contributed by atoms with E-state index >= 15 is 0 Å². The average Bonchev–Trinajstić information content (AvgIpc) is 2.66. The van der Waals surface area contributed by atoms with Crippen LogP contribution in [-0.4, -0.2) is 51.4 Å². The maximum atomic E-state index is 11.8. The number of nitrogens with zero attached hydrogens (tertiary/aromatic N) is 1. The van der Waals surface area contributed by atoms with Gasteiger partial charge in [0.25, 0.3) is 10.2 Å². The third kappa shape index (κ3) is 3.14. The highest BCUT2D eigenvalue weighted by Gasteiger charge is 2.35. The Morgan fingerprint density at radius 2 is 2.38 bits per heavy atom. The molecule has 0 radical (unpaired) electrons. The van der Waals surface area contributed by atoms with Crippen LogP contribution in [0.15, 0.2) is 0 Å². The van der Waals surface area contributed by atoms with Crippen LogP contribution in [0, 0.1) is 5.41 Å². The maximum absolute atomic E-state index is 11.8. The van der Waals surface area contributed by atoms with Crippen LogP contribution >= 0.6 is 0 Å². The molecule has 1 aliphatic rings. The van der Waals surface area contributed by atoms with Crippen molar-refractivity contribution in [2.45, 2.75) is 18.9 Å². The number of amidine groups is 1. The van der Waals surface area contributed by atoms with Gasteiger partial charge in [-0.1, -0.05) is 0 Å². The Kier molecular flexibility index (Phi) is 4.66. The van der Waals surface area contributed by atoms with E-state index in [1.807, 2.05) is 0 Å². The van der Waals surface area contributed by atoms with Crippen LogP contribution < -0.4 is 10.5 Å². The molecular weight excluding hydrogens is 232 g/mol. The van der Waals surface area contributed by atoms with Gasteiger partial charge in [0.05, 0.1) is 12.6 Å². The normalized spacial score (nSPS) is 22.4. The number of nitrogens with two attached hydrogens (primary N) is 1. The summed E-state index contributed by atoms with van der Waals surface area (Å²) in [7, 11) is -2.04. The van der Waals surface area contributed by atoms with Crippen molar-refractivity contribution in [3.05, 3.63) is 0 Å². The summed E-state index contributed by atoms with van der Waals surface area (Å²) in [6.07, 6.45) is 1.34. The van der Waals surface area contributed by atoms with Gasteiger partial charge < -0.3 is 10.5 Å². The minimum absolute atomic E-state index is 0.102. The van der Waals surface area contributed by atoms with Crippen LogP contribution in [0.3, 0.4) is 0 Å². The second-order valence-electron chi connectivity index (χ2n) is 3.62. The number of hydrogen-bond acceptors (Lipinski definition) is 4. The first-order valence-corrected chi connectivity index (χ1v) is 6.52. The monoisotopic (exact) mass is 250 g/mol. The van der Waals surface area contributed by atoms with Crippen molar-refractivity contribution in [1.82, 2.24) is 9.03 Å². The molecule has 0 bridgehead atoms. The number of hydrogen-bond donors (Lipinski definition) is 3. The molecule has 7 nitrogen and oxygen atoms in total. The van der Waals surface area contributed by atoms with E-state index in [0.29, 0.717) is 19.6 Å². The van der Waals surface area contributed by atoms with Crippen LogP contribution in [0.5, 0.6) is 0 Å². The lowest BCUT2D eigenvalue weighted by Crippen LogP contribution is -2.48. The molecule has 8 heteroatoms. The van der Waals surface area contributed by atoms with E-state index in [4.69, 9.17) is 15.9 Å². The van der Waals surface area contributed by atoms with Gasteiger partial charge in [-0.25, -0.2) is 0 Å². The molecule has 1 fully saturated rings. The molecule has 0 aromatic rings. The van der Waals surface area contributed by atoms with Crippen molar-refractivity contribution in [2.75, 3.05) is 26.8 Å². The molecule has 94 valence electrons. The number of nitrogens with one attached hydrogen (secondary N) is 2. The molecule has 1 saturated heterocycles. The van der Waals surface area contributed by atoms with Gasteiger partial charge in [-0.2, -0.15) is 17.4 Å². The van der Waals surface area contributed by atoms with E-state index < -0.39 is 16.3 Å². The van der Waals surface area contributed by atoms with Gasteiger partial charge >= 0.3 is 0 Å². The van der Waals surface area contributed by atoms with Crippen molar-refractivity contribution in [1.29, 1.82) is 5.41 Å². The summed E-state index contributed by atoms with van der Waals surface area (Å²) in [6.45, 7) is 0.949. The maximum Gasteiger partial charge on any atom is 0.280 e. The van der Waals surface area contributed by atoms with E-state index in [1.54, 1.807) is 0 Å². The first kappa shape index (κ1) is 13.4. The summed E-state index contributed by atoms with van der Waals surface area (Å²) in [5, 5.41) is 7.33. The van der Waals surface area contributed by atoms with Gasteiger partial charge in [-0.15, -0.1) is 0 Å². The Balaban J connectivity index is 2.63. The second kappa shape index (κ2) is 5.58. The van der Waals surface area contributed by atoms with Gasteiger partial charge in [-0.3, -0.25) is 5.41 Å². The van der Waals surface area contributed by atoms with Crippen LogP contribution in [0.25, 0.3) is 0 Å². The predicted molar refractivity (Wildman–Crippen MR) is 60.4 cm³/mol. The summed E-state index contributed by atoms with van der Waals surface area (Å²) in [4.78, 5) is 0. The van der Waals surface area contributed by atoms with Gasteiger partial charge in [0.15, 0.2) is 0 Å². The highest BCUT2D eigenvalue weighted by atomic mass is 32.2. The summed E-state index contributed by atoms with van der Waals surface area (Å²) in [6, 6.07) is -0.500. The lowest BCUT2D eigenvalue weighted by atomic mass is 10.2. The molecule has 0 aliphatic carbocycles. The Labute approximate surface area is 95.6 Å². The molecule has 1 unspecified atom stereocenters. The number of methoxy groups -OCH3 is 1. The van der Waals surface area contributed by atoms with Gasteiger partial charge in [0.2, 0.25) is 0 Å². The standard InChI is InChI=1S/C8H18N4O3S/c1-15-6-4-11-16(13,14)12-5-2-3-7(12)8(9)10/h7,11H,2-6H2,1H3,(H3,9,10). The lowest BCUT2D eigenvalue weighted by Gasteiger charge is -2.23. The average molecular weight is 250 g/mol. The molecular formula is C8H18N4O3S. The van der Waals surface area contributed by atoms with E-state index in [2.05, 4.69) is 4.72 Å². The molecule has 0 amide bonds. The van der Waals surface area contributed by atoms with Crippen molar-refractivity contribution in [3.8, 4) is 0 Å². The van der Waals surface area contributed by atoms with Gasteiger partial charge in [0, 0.05) is 20.2 Å². The predicted octanol–water partition coefficient (Wildman–Crippen LogP) is -1.13. The first-order valence-electron chi connectivity index (χ1n) is 5.08. The summed E-state index contributed by atoms with van der Waals surface area (Å²) >= 11 is 0. The zero-order valence-corrected chi connectivity index (χ0v) is 10.1. The van der Waals surface area contributed by atoms with Crippen LogP contribution in [0.1, 0.15) is 12.8 Å². The van der Waals surface area contributed by atoms with Gasteiger partial charge in [-0.05, 0) is 12.8 Å². The highest BCUT2D eigenvalue weighted by molar-refractivity contribution is 7.87. The molecule has 0 aromatic heterocycles. The van der Waals surface area contributed by atoms with E-state index in [1.165, 1.54) is 11.4 Å². The van der Waals surface area contributed by atoms with Crippen LogP contribution in [0.2, 0.25) is 0 Å². The zero-order chi connectivity index (χ0) is 12.2. The zero-order valence-electron chi connectivity index (χ0n) is 9.27. The molecule has 1 aliphatic heterocycles.